The van der Waals surface area contributed by atoms with Crippen molar-refractivity contribution in [1.29, 1.82) is 0 Å². The molecule has 6 heteroatoms. The Kier molecular flexibility index (Phi) is 10.4. The Morgan fingerprint density at radius 2 is 2.00 bits per heavy atom. The maximum absolute atomic E-state index is 11.8. The molecule has 0 aliphatic rings. The van der Waals surface area contributed by atoms with E-state index in [9.17, 15) is 9.59 Å². The fourth-order valence-electron chi connectivity index (χ4n) is 1.58. The molecule has 0 aliphatic heterocycles. The predicted molar refractivity (Wildman–Crippen MR) is 79.7 cm³/mol. The molecule has 1 unspecified atom stereocenters. The average Bonchev–Trinajstić information content (AvgIpc) is 2.38. The van der Waals surface area contributed by atoms with Gasteiger partial charge in [-0.1, -0.05) is 6.42 Å². The molecule has 2 N–H and O–H groups in total. The Bertz CT molecular complexity index is 275. The molecule has 0 heterocycles. The van der Waals surface area contributed by atoms with Crippen LogP contribution >= 0.6 is 11.8 Å². The van der Waals surface area contributed by atoms with Crippen LogP contribution in [-0.4, -0.2) is 53.6 Å². The van der Waals surface area contributed by atoms with Crippen LogP contribution in [0.1, 0.15) is 39.0 Å². The van der Waals surface area contributed by atoms with E-state index in [0.29, 0.717) is 13.0 Å². The molecule has 0 radical (unpaired) electrons. The minimum Gasteiger partial charge on any atom is -0.481 e. The number of nitrogens with zero attached hydrogens (tertiary/aromatic N) is 1. The maximum atomic E-state index is 11.8. The van der Waals surface area contributed by atoms with Gasteiger partial charge in [0.05, 0.1) is 0 Å². The van der Waals surface area contributed by atoms with E-state index in [1.54, 1.807) is 16.7 Å². The molecule has 0 rings (SSSR count). The molecule has 0 saturated heterocycles. The van der Waals surface area contributed by atoms with E-state index in [2.05, 4.69) is 11.6 Å². The van der Waals surface area contributed by atoms with Gasteiger partial charge in [0.2, 0.25) is 0 Å². The lowest BCUT2D eigenvalue weighted by Crippen LogP contribution is -2.42. The number of aliphatic carboxylic acids is 1. The quantitative estimate of drug-likeness (QED) is 0.606. The number of nitrogens with one attached hydrogen (secondary N) is 1. The largest absolute Gasteiger partial charge is 0.481 e. The fourth-order valence-corrected chi connectivity index (χ4v) is 2.16. The van der Waals surface area contributed by atoms with Crippen LogP contribution in [0.15, 0.2) is 0 Å². The molecule has 5 nitrogen and oxygen atoms in total. The number of rotatable bonds is 10. The van der Waals surface area contributed by atoms with Crippen molar-refractivity contribution in [3.05, 3.63) is 0 Å². The average molecular weight is 290 g/mol. The van der Waals surface area contributed by atoms with Crippen LogP contribution in [0.4, 0.5) is 4.79 Å². The van der Waals surface area contributed by atoms with Gasteiger partial charge in [-0.05, 0) is 38.2 Å². The number of urea groups is 1. The highest BCUT2D eigenvalue weighted by molar-refractivity contribution is 7.98. The maximum Gasteiger partial charge on any atom is 0.317 e. The SMILES string of the molecule is CSCCC(C)N(C)C(=O)NCCCCCC(=O)O. The number of carbonyl (C=O) groups is 2. The van der Waals surface area contributed by atoms with Crippen LogP contribution in [0, 0.1) is 0 Å². The van der Waals surface area contributed by atoms with Gasteiger partial charge in [0, 0.05) is 26.1 Å². The van der Waals surface area contributed by atoms with Crippen molar-refractivity contribution in [3.63, 3.8) is 0 Å². The molecule has 1 atom stereocenters. The Labute approximate surface area is 120 Å². The summed E-state index contributed by atoms with van der Waals surface area (Å²) in [5, 5.41) is 11.3. The van der Waals surface area contributed by atoms with E-state index in [-0.39, 0.29) is 18.5 Å². The Morgan fingerprint density at radius 1 is 1.32 bits per heavy atom. The van der Waals surface area contributed by atoms with Crippen LogP contribution in [0.25, 0.3) is 0 Å². The first kappa shape index (κ1) is 18.1. The Morgan fingerprint density at radius 3 is 2.58 bits per heavy atom. The van der Waals surface area contributed by atoms with Crippen molar-refractivity contribution in [2.45, 2.75) is 45.1 Å². The number of unbranched alkanes of at least 4 members (excludes halogenated alkanes) is 2. The molecule has 0 aromatic rings. The smallest absolute Gasteiger partial charge is 0.317 e. The van der Waals surface area contributed by atoms with Crippen LogP contribution in [-0.2, 0) is 4.79 Å². The van der Waals surface area contributed by atoms with Crippen molar-refractivity contribution in [2.75, 3.05) is 25.6 Å². The third kappa shape index (κ3) is 9.64. The van der Waals surface area contributed by atoms with Crippen LogP contribution in [0.2, 0.25) is 0 Å². The van der Waals surface area contributed by atoms with Crippen LogP contribution in [0.3, 0.4) is 0 Å². The molecule has 0 bridgehead atoms. The van der Waals surface area contributed by atoms with Gasteiger partial charge in [0.25, 0.3) is 0 Å². The van der Waals surface area contributed by atoms with Gasteiger partial charge < -0.3 is 15.3 Å². The second-order valence-electron chi connectivity index (χ2n) is 4.68. The number of carboxylic acids is 1. The minimum atomic E-state index is -0.758. The monoisotopic (exact) mass is 290 g/mol. The van der Waals surface area contributed by atoms with E-state index in [1.165, 1.54) is 0 Å². The number of hydrogen-bond acceptors (Lipinski definition) is 3. The molecule has 2 amide bonds. The first-order chi connectivity index (χ1) is 8.99. The highest BCUT2D eigenvalue weighted by Crippen LogP contribution is 2.06. The molecule has 0 spiro atoms. The zero-order valence-corrected chi connectivity index (χ0v) is 13.0. The topological polar surface area (TPSA) is 69.6 Å². The summed E-state index contributed by atoms with van der Waals surface area (Å²) >= 11 is 1.78. The molecule has 0 fully saturated rings. The molecule has 0 saturated carbocycles. The van der Waals surface area contributed by atoms with Gasteiger partial charge in [-0.25, -0.2) is 4.79 Å². The van der Waals surface area contributed by atoms with E-state index in [4.69, 9.17) is 5.11 Å². The lowest BCUT2D eigenvalue weighted by Gasteiger charge is -2.25. The summed E-state index contributed by atoms with van der Waals surface area (Å²) in [5.74, 6) is 0.292. The van der Waals surface area contributed by atoms with E-state index in [1.807, 2.05) is 14.0 Å². The fraction of sp³-hybridized carbons (Fsp3) is 0.846. The van der Waals surface area contributed by atoms with Gasteiger partial charge in [-0.2, -0.15) is 11.8 Å². The molecule has 0 aromatic heterocycles. The second-order valence-corrected chi connectivity index (χ2v) is 5.66. The van der Waals surface area contributed by atoms with Crippen LogP contribution < -0.4 is 5.32 Å². The lowest BCUT2D eigenvalue weighted by molar-refractivity contribution is -0.137. The number of amides is 2. The lowest BCUT2D eigenvalue weighted by atomic mass is 10.2. The van der Waals surface area contributed by atoms with Crippen molar-refractivity contribution in [3.8, 4) is 0 Å². The molecular formula is C13H26N2O3S. The normalized spacial score (nSPS) is 11.9. The molecular weight excluding hydrogens is 264 g/mol. The molecule has 0 aliphatic carbocycles. The summed E-state index contributed by atoms with van der Waals surface area (Å²) in [6.45, 7) is 2.65. The van der Waals surface area contributed by atoms with Crippen molar-refractivity contribution in [2.24, 2.45) is 0 Å². The molecule has 0 aromatic carbocycles. The van der Waals surface area contributed by atoms with Gasteiger partial charge in [-0.15, -0.1) is 0 Å². The third-order valence-electron chi connectivity index (χ3n) is 3.06. The van der Waals surface area contributed by atoms with Gasteiger partial charge >= 0.3 is 12.0 Å². The van der Waals surface area contributed by atoms with E-state index >= 15 is 0 Å². The first-order valence-electron chi connectivity index (χ1n) is 6.70. The second kappa shape index (κ2) is 11.0. The summed E-state index contributed by atoms with van der Waals surface area (Å²) in [5.41, 5.74) is 0. The first-order valence-corrected chi connectivity index (χ1v) is 8.09. The summed E-state index contributed by atoms with van der Waals surface area (Å²) in [7, 11) is 1.81. The number of carbonyl (C=O) groups excluding carboxylic acids is 1. The van der Waals surface area contributed by atoms with Gasteiger partial charge in [-0.3, -0.25) is 4.79 Å². The zero-order valence-electron chi connectivity index (χ0n) is 12.1. The standard InChI is InChI=1S/C13H26N2O3S/c1-11(8-10-19-3)15(2)13(18)14-9-6-4-5-7-12(16)17/h11H,4-10H2,1-3H3,(H,14,18)(H,16,17). The Balaban J connectivity index is 3.64. The number of carboxylic acid groups (broad SMARTS) is 1. The molecule has 112 valence electrons. The highest BCUT2D eigenvalue weighted by atomic mass is 32.2. The summed E-state index contributed by atoms with van der Waals surface area (Å²) in [4.78, 5) is 23.8. The zero-order chi connectivity index (χ0) is 14.7. The number of hydrogen-bond donors (Lipinski definition) is 2. The third-order valence-corrected chi connectivity index (χ3v) is 3.71. The Hall–Kier alpha value is -0.910. The predicted octanol–water partition coefficient (Wildman–Crippen LogP) is 2.41. The van der Waals surface area contributed by atoms with Crippen molar-refractivity contribution in [1.82, 2.24) is 10.2 Å². The van der Waals surface area contributed by atoms with Gasteiger partial charge in [0.15, 0.2) is 0 Å². The summed E-state index contributed by atoms with van der Waals surface area (Å²) in [6, 6.07) is 0.186. The number of thioether (sulfide) groups is 1. The highest BCUT2D eigenvalue weighted by Gasteiger charge is 2.14. The molecule has 19 heavy (non-hydrogen) atoms. The van der Waals surface area contributed by atoms with Crippen molar-refractivity contribution >= 4 is 23.8 Å². The van der Waals surface area contributed by atoms with E-state index < -0.39 is 5.97 Å². The van der Waals surface area contributed by atoms with Crippen molar-refractivity contribution < 1.29 is 14.7 Å². The van der Waals surface area contributed by atoms with Gasteiger partial charge in [0.1, 0.15) is 0 Å². The van der Waals surface area contributed by atoms with E-state index in [0.717, 1.165) is 25.0 Å². The summed E-state index contributed by atoms with van der Waals surface area (Å²) in [6.07, 6.45) is 5.59. The summed E-state index contributed by atoms with van der Waals surface area (Å²) < 4.78 is 0. The minimum absolute atomic E-state index is 0.0492. The van der Waals surface area contributed by atoms with Crippen LogP contribution in [0.5, 0.6) is 0 Å².